The van der Waals surface area contributed by atoms with Gasteiger partial charge in [-0.05, 0) is 31.8 Å². The summed E-state index contributed by atoms with van der Waals surface area (Å²) in [6.07, 6.45) is 7.63. The molecular formula is C13H22BrN3. The summed E-state index contributed by atoms with van der Waals surface area (Å²) in [7, 11) is 2.07. The molecular weight excluding hydrogens is 278 g/mol. The van der Waals surface area contributed by atoms with E-state index >= 15 is 0 Å². The first-order valence-corrected chi connectivity index (χ1v) is 7.41. The van der Waals surface area contributed by atoms with E-state index < -0.39 is 0 Å². The van der Waals surface area contributed by atoms with Crippen LogP contribution in [0, 0.1) is 5.92 Å². The Labute approximate surface area is 112 Å². The van der Waals surface area contributed by atoms with Crippen LogP contribution in [0.2, 0.25) is 0 Å². The molecule has 2 heterocycles. The van der Waals surface area contributed by atoms with Gasteiger partial charge in [0.2, 0.25) is 0 Å². The molecule has 1 fully saturated rings. The first-order valence-electron chi connectivity index (χ1n) is 6.49. The molecule has 0 spiro atoms. The maximum atomic E-state index is 4.37. The topological polar surface area (TPSA) is 21.1 Å². The van der Waals surface area contributed by atoms with Crippen molar-refractivity contribution in [3.05, 3.63) is 18.2 Å². The fraction of sp³-hybridized carbons (Fsp3) is 0.769. The van der Waals surface area contributed by atoms with Crippen molar-refractivity contribution in [3.63, 3.8) is 0 Å². The number of aryl methyl sites for hydroxylation is 1. The number of rotatable bonds is 4. The minimum atomic E-state index is 0.666. The van der Waals surface area contributed by atoms with Crippen LogP contribution in [0.25, 0.3) is 0 Å². The van der Waals surface area contributed by atoms with E-state index in [-0.39, 0.29) is 0 Å². The average molecular weight is 300 g/mol. The third-order valence-corrected chi connectivity index (χ3v) is 4.60. The van der Waals surface area contributed by atoms with Gasteiger partial charge in [0.1, 0.15) is 5.82 Å². The number of hydrogen-bond acceptors (Lipinski definition) is 2. The smallest absolute Gasteiger partial charge is 0.109 e. The molecule has 0 radical (unpaired) electrons. The third-order valence-electron chi connectivity index (χ3n) is 3.85. The highest BCUT2D eigenvalue weighted by Crippen LogP contribution is 2.24. The number of alkyl halides is 1. The Hall–Kier alpha value is -0.350. The number of nitrogens with zero attached hydrogens (tertiary/aromatic N) is 3. The van der Waals surface area contributed by atoms with Crippen molar-refractivity contribution < 1.29 is 0 Å². The fourth-order valence-electron chi connectivity index (χ4n) is 2.53. The van der Waals surface area contributed by atoms with Crippen LogP contribution in [-0.4, -0.2) is 38.9 Å². The Morgan fingerprint density at radius 1 is 1.47 bits per heavy atom. The summed E-state index contributed by atoms with van der Waals surface area (Å²) >= 11 is 3.70. The summed E-state index contributed by atoms with van der Waals surface area (Å²) in [6, 6.07) is 0. The van der Waals surface area contributed by atoms with Crippen LogP contribution in [0.4, 0.5) is 0 Å². The quantitative estimate of drug-likeness (QED) is 0.797. The summed E-state index contributed by atoms with van der Waals surface area (Å²) in [6.45, 7) is 5.90. The van der Waals surface area contributed by atoms with E-state index in [1.54, 1.807) is 0 Å². The Balaban J connectivity index is 1.74. The highest BCUT2D eigenvalue weighted by molar-refractivity contribution is 9.09. The molecule has 96 valence electrons. The lowest BCUT2D eigenvalue weighted by atomic mass is 9.94. The molecule has 2 rings (SSSR count). The molecule has 0 aromatic carbocycles. The SMILES string of the molecule is CC(Br)C1CCN(CCc2nccn2C)CC1. The molecule has 1 aromatic heterocycles. The molecule has 0 aliphatic carbocycles. The lowest BCUT2D eigenvalue weighted by molar-refractivity contribution is 0.186. The van der Waals surface area contributed by atoms with E-state index in [0.29, 0.717) is 4.83 Å². The van der Waals surface area contributed by atoms with E-state index in [0.717, 1.165) is 18.9 Å². The second-order valence-corrected chi connectivity index (χ2v) is 6.51. The summed E-state index contributed by atoms with van der Waals surface area (Å²) in [5, 5.41) is 0. The number of imidazole rings is 1. The number of aromatic nitrogens is 2. The third kappa shape index (κ3) is 3.55. The van der Waals surface area contributed by atoms with Crippen molar-refractivity contribution >= 4 is 15.9 Å². The van der Waals surface area contributed by atoms with E-state index in [1.807, 2.05) is 12.4 Å². The van der Waals surface area contributed by atoms with Gasteiger partial charge in [0, 0.05) is 37.2 Å². The second-order valence-electron chi connectivity index (χ2n) is 5.06. The van der Waals surface area contributed by atoms with Gasteiger partial charge in [-0.25, -0.2) is 4.98 Å². The second kappa shape index (κ2) is 6.01. The monoisotopic (exact) mass is 299 g/mol. The van der Waals surface area contributed by atoms with Gasteiger partial charge in [0.25, 0.3) is 0 Å². The molecule has 1 atom stereocenters. The molecule has 3 nitrogen and oxygen atoms in total. The first kappa shape index (κ1) is 13.1. The predicted molar refractivity (Wildman–Crippen MR) is 74.5 cm³/mol. The van der Waals surface area contributed by atoms with Gasteiger partial charge in [-0.3, -0.25) is 0 Å². The average Bonchev–Trinajstić information content (AvgIpc) is 2.73. The Kier molecular flexibility index (Phi) is 4.62. The maximum Gasteiger partial charge on any atom is 0.109 e. The van der Waals surface area contributed by atoms with Crippen LogP contribution < -0.4 is 0 Å². The number of likely N-dealkylation sites (tertiary alicyclic amines) is 1. The molecule has 1 unspecified atom stereocenters. The molecule has 1 aliphatic rings. The van der Waals surface area contributed by atoms with Crippen molar-refractivity contribution in [1.82, 2.24) is 14.5 Å². The zero-order valence-corrected chi connectivity index (χ0v) is 12.4. The molecule has 0 bridgehead atoms. The summed E-state index contributed by atoms with van der Waals surface area (Å²) < 4.78 is 2.12. The fourth-order valence-corrected chi connectivity index (χ4v) is 3.06. The van der Waals surface area contributed by atoms with Gasteiger partial charge in [0.05, 0.1) is 0 Å². The van der Waals surface area contributed by atoms with Crippen LogP contribution in [0.5, 0.6) is 0 Å². The summed E-state index contributed by atoms with van der Waals surface area (Å²) in [4.78, 5) is 7.61. The van der Waals surface area contributed by atoms with Gasteiger partial charge >= 0.3 is 0 Å². The maximum absolute atomic E-state index is 4.37. The highest BCUT2D eigenvalue weighted by atomic mass is 79.9. The van der Waals surface area contributed by atoms with E-state index in [4.69, 9.17) is 0 Å². The predicted octanol–water partition coefficient (Wildman–Crippen LogP) is 2.46. The number of hydrogen-bond donors (Lipinski definition) is 0. The van der Waals surface area contributed by atoms with Crippen molar-refractivity contribution in [2.45, 2.75) is 31.0 Å². The molecule has 17 heavy (non-hydrogen) atoms. The van der Waals surface area contributed by atoms with Crippen LogP contribution in [-0.2, 0) is 13.5 Å². The minimum absolute atomic E-state index is 0.666. The van der Waals surface area contributed by atoms with Gasteiger partial charge in [-0.2, -0.15) is 0 Å². The van der Waals surface area contributed by atoms with E-state index in [1.165, 1.54) is 31.8 Å². The molecule has 0 N–H and O–H groups in total. The van der Waals surface area contributed by atoms with Crippen molar-refractivity contribution in [2.75, 3.05) is 19.6 Å². The molecule has 1 saturated heterocycles. The minimum Gasteiger partial charge on any atom is -0.338 e. The Morgan fingerprint density at radius 2 is 2.18 bits per heavy atom. The Bertz CT molecular complexity index is 340. The molecule has 0 saturated carbocycles. The molecule has 1 aromatic rings. The summed E-state index contributed by atoms with van der Waals surface area (Å²) in [5.41, 5.74) is 0. The van der Waals surface area contributed by atoms with E-state index in [2.05, 4.69) is 44.4 Å². The molecule has 4 heteroatoms. The van der Waals surface area contributed by atoms with E-state index in [9.17, 15) is 0 Å². The van der Waals surface area contributed by atoms with Gasteiger partial charge in [-0.1, -0.05) is 22.9 Å². The summed E-state index contributed by atoms with van der Waals surface area (Å²) in [5.74, 6) is 2.06. The molecule has 1 aliphatic heterocycles. The van der Waals surface area contributed by atoms with Crippen LogP contribution in [0.3, 0.4) is 0 Å². The van der Waals surface area contributed by atoms with Crippen molar-refractivity contribution in [1.29, 1.82) is 0 Å². The highest BCUT2D eigenvalue weighted by Gasteiger charge is 2.22. The zero-order valence-electron chi connectivity index (χ0n) is 10.8. The van der Waals surface area contributed by atoms with Gasteiger partial charge < -0.3 is 9.47 Å². The molecule has 0 amide bonds. The largest absolute Gasteiger partial charge is 0.338 e. The van der Waals surface area contributed by atoms with Crippen molar-refractivity contribution in [3.8, 4) is 0 Å². The zero-order chi connectivity index (χ0) is 12.3. The Morgan fingerprint density at radius 3 is 2.71 bits per heavy atom. The standard InChI is InChI=1S/C13H22BrN3/c1-11(14)12-3-7-17(8-4-12)9-5-13-15-6-10-16(13)2/h6,10-12H,3-5,7-9H2,1-2H3. The van der Waals surface area contributed by atoms with Crippen molar-refractivity contribution in [2.24, 2.45) is 13.0 Å². The van der Waals surface area contributed by atoms with Crippen LogP contribution >= 0.6 is 15.9 Å². The normalized spacial score (nSPS) is 20.6. The van der Waals surface area contributed by atoms with Gasteiger partial charge in [-0.15, -0.1) is 0 Å². The van der Waals surface area contributed by atoms with Crippen LogP contribution in [0.15, 0.2) is 12.4 Å². The first-order chi connectivity index (χ1) is 8.16. The lowest BCUT2D eigenvalue weighted by Crippen LogP contribution is -2.37. The van der Waals surface area contributed by atoms with Gasteiger partial charge in [0.15, 0.2) is 0 Å². The number of piperidine rings is 1. The number of halogens is 1. The van der Waals surface area contributed by atoms with Crippen LogP contribution in [0.1, 0.15) is 25.6 Å². The lowest BCUT2D eigenvalue weighted by Gasteiger charge is -2.33.